The van der Waals surface area contributed by atoms with Gasteiger partial charge in [-0.15, -0.1) is 0 Å². The summed E-state index contributed by atoms with van der Waals surface area (Å²) in [5, 5.41) is 7.75. The molecule has 0 saturated heterocycles. The second-order valence-electron chi connectivity index (χ2n) is 4.62. The summed E-state index contributed by atoms with van der Waals surface area (Å²) in [6.45, 7) is 5.05. The normalized spacial score (nSPS) is 12.4. The van der Waals surface area contributed by atoms with Gasteiger partial charge < -0.3 is 10.1 Å². The molecular weight excluding hydrogens is 238 g/mol. The maximum absolute atomic E-state index is 5.52. The summed E-state index contributed by atoms with van der Waals surface area (Å²) in [5.41, 5.74) is 3.46. The number of hydrogen-bond donors (Lipinski definition) is 1. The van der Waals surface area contributed by atoms with Crippen LogP contribution >= 0.6 is 0 Å². The molecule has 1 heterocycles. The summed E-state index contributed by atoms with van der Waals surface area (Å²) in [4.78, 5) is 0. The van der Waals surface area contributed by atoms with Crippen molar-refractivity contribution in [2.45, 2.75) is 19.9 Å². The topological polar surface area (TPSA) is 39.1 Å². The van der Waals surface area contributed by atoms with E-state index < -0.39 is 0 Å². The van der Waals surface area contributed by atoms with Crippen molar-refractivity contribution in [2.75, 3.05) is 13.7 Å². The van der Waals surface area contributed by atoms with Gasteiger partial charge in [0.25, 0.3) is 0 Å². The van der Waals surface area contributed by atoms with Crippen LogP contribution in [0.5, 0.6) is 5.75 Å². The fraction of sp³-hybridized carbons (Fsp3) is 0.400. The SMILES string of the molecule is CCNC(c1ccc(C)cc1OC)c1ccnn1C. The molecule has 0 aliphatic rings. The van der Waals surface area contributed by atoms with Crippen LogP contribution in [0.25, 0.3) is 0 Å². The largest absolute Gasteiger partial charge is 0.496 e. The van der Waals surface area contributed by atoms with E-state index in [0.29, 0.717) is 0 Å². The van der Waals surface area contributed by atoms with Gasteiger partial charge in [-0.05, 0) is 31.2 Å². The fourth-order valence-electron chi connectivity index (χ4n) is 2.30. The average Bonchev–Trinajstić information content (AvgIpc) is 2.82. The molecule has 0 aliphatic heterocycles. The molecule has 2 aromatic rings. The number of rotatable bonds is 5. The molecule has 1 aromatic carbocycles. The van der Waals surface area contributed by atoms with E-state index in [9.17, 15) is 0 Å². The molecule has 1 aromatic heterocycles. The second-order valence-corrected chi connectivity index (χ2v) is 4.62. The maximum Gasteiger partial charge on any atom is 0.124 e. The molecule has 102 valence electrons. The first-order valence-electron chi connectivity index (χ1n) is 6.53. The predicted octanol–water partition coefficient (Wildman–Crippen LogP) is 2.44. The van der Waals surface area contributed by atoms with E-state index in [2.05, 4.69) is 42.5 Å². The molecular formula is C15H21N3O. The number of methoxy groups -OCH3 is 1. The zero-order chi connectivity index (χ0) is 13.8. The van der Waals surface area contributed by atoms with Crippen molar-refractivity contribution in [3.63, 3.8) is 0 Å². The lowest BCUT2D eigenvalue weighted by Gasteiger charge is -2.21. The Balaban J connectivity index is 2.48. The summed E-state index contributed by atoms with van der Waals surface area (Å²) in [5.74, 6) is 0.909. The van der Waals surface area contributed by atoms with Gasteiger partial charge in [0.05, 0.1) is 18.8 Å². The fourth-order valence-corrected chi connectivity index (χ4v) is 2.30. The summed E-state index contributed by atoms with van der Waals surface area (Å²) in [7, 11) is 3.67. The van der Waals surface area contributed by atoms with Gasteiger partial charge in [-0.25, -0.2) is 0 Å². The molecule has 0 radical (unpaired) electrons. The third-order valence-corrected chi connectivity index (χ3v) is 3.26. The molecule has 4 nitrogen and oxygen atoms in total. The molecule has 1 atom stereocenters. The van der Waals surface area contributed by atoms with E-state index in [1.807, 2.05) is 24.0 Å². The minimum Gasteiger partial charge on any atom is -0.496 e. The van der Waals surface area contributed by atoms with Gasteiger partial charge in [0.2, 0.25) is 0 Å². The van der Waals surface area contributed by atoms with Crippen molar-refractivity contribution in [3.05, 3.63) is 47.3 Å². The van der Waals surface area contributed by atoms with Crippen LogP contribution in [-0.2, 0) is 7.05 Å². The summed E-state index contributed by atoms with van der Waals surface area (Å²) in [6.07, 6.45) is 1.82. The number of aryl methyl sites for hydroxylation is 2. The number of nitrogens with one attached hydrogen (secondary N) is 1. The Kier molecular flexibility index (Phi) is 4.22. The summed E-state index contributed by atoms with van der Waals surface area (Å²) >= 11 is 0. The molecule has 0 bridgehead atoms. The molecule has 0 amide bonds. The van der Waals surface area contributed by atoms with Crippen molar-refractivity contribution < 1.29 is 4.74 Å². The van der Waals surface area contributed by atoms with E-state index in [4.69, 9.17) is 4.74 Å². The Bertz CT molecular complexity index is 548. The van der Waals surface area contributed by atoms with Gasteiger partial charge >= 0.3 is 0 Å². The highest BCUT2D eigenvalue weighted by atomic mass is 16.5. The molecule has 0 saturated carbocycles. The second kappa shape index (κ2) is 5.89. The third kappa shape index (κ3) is 2.79. The number of aromatic nitrogens is 2. The van der Waals surface area contributed by atoms with Crippen LogP contribution < -0.4 is 10.1 Å². The van der Waals surface area contributed by atoms with E-state index in [1.165, 1.54) is 5.56 Å². The monoisotopic (exact) mass is 259 g/mol. The molecule has 1 N–H and O–H groups in total. The van der Waals surface area contributed by atoms with Crippen molar-refractivity contribution in [3.8, 4) is 5.75 Å². The minimum atomic E-state index is 0.0908. The first-order valence-corrected chi connectivity index (χ1v) is 6.53. The van der Waals surface area contributed by atoms with Gasteiger partial charge in [0, 0.05) is 18.8 Å². The van der Waals surface area contributed by atoms with Crippen molar-refractivity contribution in [1.82, 2.24) is 15.1 Å². The van der Waals surface area contributed by atoms with E-state index in [-0.39, 0.29) is 6.04 Å². The quantitative estimate of drug-likeness (QED) is 0.896. The predicted molar refractivity (Wildman–Crippen MR) is 76.5 cm³/mol. The third-order valence-electron chi connectivity index (χ3n) is 3.26. The molecule has 0 aliphatic carbocycles. The van der Waals surface area contributed by atoms with Crippen molar-refractivity contribution >= 4 is 0 Å². The Morgan fingerprint density at radius 2 is 2.16 bits per heavy atom. The Labute approximate surface area is 114 Å². The van der Waals surface area contributed by atoms with E-state index in [0.717, 1.165) is 23.6 Å². The van der Waals surface area contributed by atoms with Gasteiger partial charge in [-0.2, -0.15) is 5.10 Å². The van der Waals surface area contributed by atoms with Crippen LogP contribution in [0.3, 0.4) is 0 Å². The molecule has 1 unspecified atom stereocenters. The van der Waals surface area contributed by atoms with Crippen molar-refractivity contribution in [2.24, 2.45) is 7.05 Å². The smallest absolute Gasteiger partial charge is 0.124 e. The first kappa shape index (κ1) is 13.6. The molecule has 4 heteroatoms. The van der Waals surface area contributed by atoms with Gasteiger partial charge in [-0.1, -0.05) is 19.1 Å². The Morgan fingerprint density at radius 3 is 2.74 bits per heavy atom. The maximum atomic E-state index is 5.52. The Morgan fingerprint density at radius 1 is 1.37 bits per heavy atom. The number of ether oxygens (including phenoxy) is 1. The zero-order valence-electron chi connectivity index (χ0n) is 12.0. The van der Waals surface area contributed by atoms with Gasteiger partial charge in [-0.3, -0.25) is 4.68 Å². The molecule has 0 spiro atoms. The lowest BCUT2D eigenvalue weighted by atomic mass is 10.0. The molecule has 2 rings (SSSR count). The van der Waals surface area contributed by atoms with Crippen LogP contribution in [0.15, 0.2) is 30.5 Å². The highest BCUT2D eigenvalue weighted by molar-refractivity contribution is 5.42. The first-order chi connectivity index (χ1) is 9.17. The van der Waals surface area contributed by atoms with Crippen LogP contribution in [0.1, 0.15) is 29.8 Å². The number of nitrogens with zero attached hydrogens (tertiary/aromatic N) is 2. The van der Waals surface area contributed by atoms with Crippen LogP contribution in [0.2, 0.25) is 0 Å². The standard InChI is InChI=1S/C15H21N3O/c1-5-16-15(13-8-9-17-18(13)3)12-7-6-11(2)10-14(12)19-4/h6-10,15-16H,5H2,1-4H3. The number of benzene rings is 1. The number of hydrogen-bond acceptors (Lipinski definition) is 3. The van der Waals surface area contributed by atoms with Crippen LogP contribution in [0.4, 0.5) is 0 Å². The Hall–Kier alpha value is -1.81. The summed E-state index contributed by atoms with van der Waals surface area (Å²) in [6, 6.07) is 8.42. The van der Waals surface area contributed by atoms with Gasteiger partial charge in [0.1, 0.15) is 5.75 Å². The highest BCUT2D eigenvalue weighted by Gasteiger charge is 2.19. The summed E-state index contributed by atoms with van der Waals surface area (Å²) < 4.78 is 7.42. The van der Waals surface area contributed by atoms with Crippen LogP contribution in [0, 0.1) is 6.92 Å². The average molecular weight is 259 g/mol. The lowest BCUT2D eigenvalue weighted by molar-refractivity contribution is 0.402. The molecule has 19 heavy (non-hydrogen) atoms. The van der Waals surface area contributed by atoms with E-state index in [1.54, 1.807) is 7.11 Å². The van der Waals surface area contributed by atoms with Crippen molar-refractivity contribution in [1.29, 1.82) is 0 Å². The lowest BCUT2D eigenvalue weighted by Crippen LogP contribution is -2.24. The van der Waals surface area contributed by atoms with Crippen LogP contribution in [-0.4, -0.2) is 23.4 Å². The molecule has 0 fully saturated rings. The van der Waals surface area contributed by atoms with Gasteiger partial charge in [0.15, 0.2) is 0 Å². The van der Waals surface area contributed by atoms with E-state index >= 15 is 0 Å². The highest BCUT2D eigenvalue weighted by Crippen LogP contribution is 2.30. The zero-order valence-corrected chi connectivity index (χ0v) is 12.0. The minimum absolute atomic E-state index is 0.0908.